The highest BCUT2D eigenvalue weighted by Gasteiger charge is 2.37. The molecule has 4 N–H and O–H groups in total. The van der Waals surface area contributed by atoms with Crippen molar-refractivity contribution in [1.29, 1.82) is 0 Å². The first-order chi connectivity index (χ1) is 18.0. The lowest BCUT2D eigenvalue weighted by Crippen LogP contribution is -2.53. The van der Waals surface area contributed by atoms with Crippen molar-refractivity contribution in [3.8, 4) is 0 Å². The Morgan fingerprint density at radius 1 is 1.00 bits per heavy atom. The number of aliphatic hydroxyl groups excluding tert-OH is 1. The molecule has 204 valence electrons. The zero-order valence-electron chi connectivity index (χ0n) is 21.4. The van der Waals surface area contributed by atoms with Gasteiger partial charge in [-0.15, -0.1) is 0 Å². The van der Waals surface area contributed by atoms with Crippen molar-refractivity contribution in [2.45, 2.75) is 50.3 Å². The average molecular weight is 546 g/mol. The highest BCUT2D eigenvalue weighted by atomic mass is 32.2. The minimum Gasteiger partial charge on any atom is -0.390 e. The number of benzene rings is 3. The number of hydrogen-bond donors (Lipinski definition) is 3. The second kappa shape index (κ2) is 13.1. The summed E-state index contributed by atoms with van der Waals surface area (Å²) in [5, 5.41) is 14.3. The number of halogens is 2. The Morgan fingerprint density at radius 3 is 2.24 bits per heavy atom. The predicted molar refractivity (Wildman–Crippen MR) is 142 cm³/mol. The third-order valence-electron chi connectivity index (χ3n) is 6.20. The van der Waals surface area contributed by atoms with Crippen LogP contribution in [0, 0.1) is 18.6 Å². The Balaban J connectivity index is 1.94. The van der Waals surface area contributed by atoms with Gasteiger partial charge in [0.15, 0.2) is 0 Å². The molecule has 3 rings (SSSR count). The van der Waals surface area contributed by atoms with Gasteiger partial charge < -0.3 is 16.2 Å². The van der Waals surface area contributed by atoms with Gasteiger partial charge in [-0.2, -0.15) is 4.31 Å². The molecule has 0 bridgehead atoms. The predicted octanol–water partition coefficient (Wildman–Crippen LogP) is 3.07. The molecule has 0 heterocycles. The van der Waals surface area contributed by atoms with Crippen LogP contribution in [0.1, 0.15) is 29.2 Å². The van der Waals surface area contributed by atoms with Crippen LogP contribution in [0.2, 0.25) is 0 Å². The first kappa shape index (κ1) is 29.4. The van der Waals surface area contributed by atoms with Crippen LogP contribution >= 0.6 is 0 Å². The van der Waals surface area contributed by atoms with E-state index in [-0.39, 0.29) is 23.4 Å². The smallest absolute Gasteiger partial charge is 0.243 e. The molecule has 38 heavy (non-hydrogen) atoms. The van der Waals surface area contributed by atoms with Crippen molar-refractivity contribution in [1.82, 2.24) is 9.62 Å². The van der Waals surface area contributed by atoms with Crippen molar-refractivity contribution in [3.05, 3.63) is 101 Å². The lowest BCUT2D eigenvalue weighted by Gasteiger charge is -2.33. The van der Waals surface area contributed by atoms with Crippen molar-refractivity contribution in [3.63, 3.8) is 0 Å². The standard InChI is InChI=1S/C28H33F2N3O4S/c1-3-20-5-4-6-21(11-20)16-32-17-27(34)26(14-22-12-23(29)15-24(30)13-22)33(18-28(31)35)38(36,37)25-9-7-19(2)8-10-25/h4-13,15,26-27,32,34H,3,14,16-18H2,1-2H3,(H2,31,35)/t26-,27+/m0/s1. The summed E-state index contributed by atoms with van der Waals surface area (Å²) in [6.45, 7) is 3.45. The fourth-order valence-electron chi connectivity index (χ4n) is 4.24. The molecule has 10 heteroatoms. The molecule has 0 aliphatic heterocycles. The fraction of sp³-hybridized carbons (Fsp3) is 0.321. The van der Waals surface area contributed by atoms with Crippen molar-refractivity contribution in [2.24, 2.45) is 5.73 Å². The molecule has 0 spiro atoms. The van der Waals surface area contributed by atoms with Crippen LogP contribution in [-0.2, 0) is 34.2 Å². The zero-order chi connectivity index (χ0) is 27.9. The highest BCUT2D eigenvalue weighted by molar-refractivity contribution is 7.89. The summed E-state index contributed by atoms with van der Waals surface area (Å²) < 4.78 is 56.0. The van der Waals surface area contributed by atoms with E-state index in [1.54, 1.807) is 19.1 Å². The van der Waals surface area contributed by atoms with E-state index in [1.165, 1.54) is 12.1 Å². The molecule has 0 fully saturated rings. The van der Waals surface area contributed by atoms with E-state index in [0.29, 0.717) is 12.6 Å². The second-order valence-electron chi connectivity index (χ2n) is 9.25. The molecule has 0 unspecified atom stereocenters. The summed E-state index contributed by atoms with van der Waals surface area (Å²) in [4.78, 5) is 11.9. The first-order valence-corrected chi connectivity index (χ1v) is 13.7. The Kier molecular flexibility index (Phi) is 10.1. The van der Waals surface area contributed by atoms with E-state index in [9.17, 15) is 27.1 Å². The molecule has 2 atom stereocenters. The van der Waals surface area contributed by atoms with Gasteiger partial charge in [0, 0.05) is 19.2 Å². The lowest BCUT2D eigenvalue weighted by atomic mass is 10.0. The molecule has 3 aromatic carbocycles. The number of carbonyl (C=O) groups is 1. The molecule has 3 aromatic rings. The number of hydrogen-bond acceptors (Lipinski definition) is 5. The van der Waals surface area contributed by atoms with E-state index < -0.39 is 46.3 Å². The van der Waals surface area contributed by atoms with Crippen LogP contribution in [-0.4, -0.2) is 49.0 Å². The molecule has 0 aromatic heterocycles. The monoisotopic (exact) mass is 545 g/mol. The number of primary amides is 1. The molecule has 0 aliphatic carbocycles. The van der Waals surface area contributed by atoms with Crippen LogP contribution in [0.25, 0.3) is 0 Å². The van der Waals surface area contributed by atoms with Gasteiger partial charge in [0.2, 0.25) is 15.9 Å². The number of nitrogens with two attached hydrogens (primary N) is 1. The SMILES string of the molecule is CCc1cccc(CNC[C@@H](O)[C@H](Cc2cc(F)cc(F)c2)N(CC(N)=O)S(=O)(=O)c2ccc(C)cc2)c1. The van der Waals surface area contributed by atoms with Crippen LogP contribution < -0.4 is 11.1 Å². The summed E-state index contributed by atoms with van der Waals surface area (Å²) in [7, 11) is -4.33. The van der Waals surface area contributed by atoms with Gasteiger partial charge in [0.05, 0.1) is 23.6 Å². The molecule has 0 aliphatic rings. The Hall–Kier alpha value is -3.18. The number of aliphatic hydroxyl groups is 1. The normalized spacial score (nSPS) is 13.4. The summed E-state index contributed by atoms with van der Waals surface area (Å²) in [6, 6.07) is 15.4. The quantitative estimate of drug-likeness (QED) is 0.306. The van der Waals surface area contributed by atoms with Crippen LogP contribution in [0.3, 0.4) is 0 Å². The van der Waals surface area contributed by atoms with Gasteiger partial charge in [-0.1, -0.05) is 48.9 Å². The second-order valence-corrected chi connectivity index (χ2v) is 11.1. The summed E-state index contributed by atoms with van der Waals surface area (Å²) in [5.74, 6) is -2.62. The van der Waals surface area contributed by atoms with Crippen LogP contribution in [0.5, 0.6) is 0 Å². The van der Waals surface area contributed by atoms with Gasteiger partial charge in [-0.25, -0.2) is 17.2 Å². The third kappa shape index (κ3) is 7.91. The Bertz CT molecular complexity index is 1330. The van der Waals surface area contributed by atoms with Gasteiger partial charge in [-0.05, 0) is 60.7 Å². The number of amides is 1. The summed E-state index contributed by atoms with van der Waals surface area (Å²) >= 11 is 0. The number of nitrogens with one attached hydrogen (secondary N) is 1. The molecule has 1 amide bonds. The third-order valence-corrected chi connectivity index (χ3v) is 8.09. The van der Waals surface area contributed by atoms with Crippen LogP contribution in [0.4, 0.5) is 8.78 Å². The molecule has 7 nitrogen and oxygen atoms in total. The number of sulfonamides is 1. The number of aryl methyl sites for hydroxylation is 2. The van der Waals surface area contributed by atoms with Crippen molar-refractivity contribution in [2.75, 3.05) is 13.1 Å². The number of rotatable bonds is 13. The minimum absolute atomic E-state index is 0.0580. The zero-order valence-corrected chi connectivity index (χ0v) is 22.2. The average Bonchev–Trinajstić information content (AvgIpc) is 2.85. The number of nitrogens with zero attached hydrogens (tertiary/aromatic N) is 1. The minimum atomic E-state index is -4.33. The highest BCUT2D eigenvalue weighted by Crippen LogP contribution is 2.24. The van der Waals surface area contributed by atoms with E-state index >= 15 is 0 Å². The molecule has 0 saturated heterocycles. The maximum atomic E-state index is 14.0. The Labute approximate surface area is 222 Å². The maximum absolute atomic E-state index is 14.0. The first-order valence-electron chi connectivity index (χ1n) is 12.3. The molecule has 0 radical (unpaired) electrons. The molecule has 0 saturated carbocycles. The lowest BCUT2D eigenvalue weighted by molar-refractivity contribution is -0.118. The van der Waals surface area contributed by atoms with Gasteiger partial charge in [-0.3, -0.25) is 4.79 Å². The maximum Gasteiger partial charge on any atom is 0.243 e. The van der Waals surface area contributed by atoms with Crippen molar-refractivity contribution >= 4 is 15.9 Å². The van der Waals surface area contributed by atoms with E-state index in [4.69, 9.17) is 5.73 Å². The van der Waals surface area contributed by atoms with Crippen molar-refractivity contribution < 1.29 is 27.1 Å². The Morgan fingerprint density at radius 2 is 1.63 bits per heavy atom. The summed E-state index contributed by atoms with van der Waals surface area (Å²) in [6.07, 6.45) is -0.752. The number of carbonyl (C=O) groups excluding carboxylic acids is 1. The van der Waals surface area contributed by atoms with Gasteiger partial charge in [0.25, 0.3) is 0 Å². The summed E-state index contributed by atoms with van der Waals surface area (Å²) in [5.41, 5.74) is 8.48. The fourth-order valence-corrected chi connectivity index (χ4v) is 5.86. The van der Waals surface area contributed by atoms with Crippen LogP contribution in [0.15, 0.2) is 71.6 Å². The molecular weight excluding hydrogens is 512 g/mol. The van der Waals surface area contributed by atoms with Gasteiger partial charge >= 0.3 is 0 Å². The topological polar surface area (TPSA) is 113 Å². The van der Waals surface area contributed by atoms with E-state index in [2.05, 4.69) is 5.32 Å². The molecular formula is C28H33F2N3O4S. The van der Waals surface area contributed by atoms with Gasteiger partial charge in [0.1, 0.15) is 11.6 Å². The largest absolute Gasteiger partial charge is 0.390 e. The van der Waals surface area contributed by atoms with E-state index in [0.717, 1.165) is 39.5 Å². The van der Waals surface area contributed by atoms with E-state index in [1.807, 2.05) is 31.2 Å².